The summed E-state index contributed by atoms with van der Waals surface area (Å²) in [6.07, 6.45) is -4.86. The van der Waals surface area contributed by atoms with Crippen LogP contribution in [0.2, 0.25) is 10.0 Å². The van der Waals surface area contributed by atoms with Crippen molar-refractivity contribution in [3.63, 3.8) is 0 Å². The number of benzene rings is 1. The van der Waals surface area contributed by atoms with Crippen LogP contribution >= 0.6 is 23.2 Å². The molecular weight excluding hydrogens is 345 g/mol. The molecule has 1 heterocycles. The molecule has 0 N–H and O–H groups in total. The summed E-state index contributed by atoms with van der Waals surface area (Å²) in [7, 11) is 0. The van der Waals surface area contributed by atoms with Crippen molar-refractivity contribution in [3.8, 4) is 0 Å². The molecule has 0 saturated carbocycles. The largest absolute Gasteiger partial charge is 0.371 e. The second-order valence-corrected chi connectivity index (χ2v) is 5.96. The average molecular weight is 360 g/mol. The zero-order valence-electron chi connectivity index (χ0n) is 11.5. The first-order valence-electron chi connectivity index (χ1n) is 6.74. The van der Waals surface area contributed by atoms with Crippen molar-refractivity contribution in [2.24, 2.45) is 0 Å². The third kappa shape index (κ3) is 4.47. The molecule has 1 aromatic carbocycles. The molecule has 1 aliphatic rings. The molecule has 2 rings (SSSR count). The van der Waals surface area contributed by atoms with Crippen LogP contribution in [0.4, 0.5) is 17.6 Å². The zero-order chi connectivity index (χ0) is 16.3. The van der Waals surface area contributed by atoms with E-state index in [1.807, 2.05) is 0 Å². The van der Waals surface area contributed by atoms with Gasteiger partial charge in [0.15, 0.2) is 0 Å². The van der Waals surface area contributed by atoms with Gasteiger partial charge in [0.05, 0.1) is 22.8 Å². The van der Waals surface area contributed by atoms with Gasteiger partial charge in [0.25, 0.3) is 0 Å². The Morgan fingerprint density at radius 2 is 2.00 bits per heavy atom. The van der Waals surface area contributed by atoms with E-state index >= 15 is 0 Å². The Bertz CT molecular complexity index is 516. The molecule has 1 aliphatic heterocycles. The predicted octanol–water partition coefficient (Wildman–Crippen LogP) is 4.66. The minimum absolute atomic E-state index is 0.113. The smallest absolute Gasteiger partial charge is 0.308 e. The van der Waals surface area contributed by atoms with E-state index in [2.05, 4.69) is 0 Å². The number of ether oxygens (including phenoxy) is 1. The van der Waals surface area contributed by atoms with E-state index in [4.69, 9.17) is 27.9 Å². The second-order valence-electron chi connectivity index (χ2n) is 5.15. The summed E-state index contributed by atoms with van der Waals surface area (Å²) in [5.41, 5.74) is 0.778. The van der Waals surface area contributed by atoms with Crippen molar-refractivity contribution in [3.05, 3.63) is 33.8 Å². The van der Waals surface area contributed by atoms with Gasteiger partial charge >= 0.3 is 12.3 Å². The summed E-state index contributed by atoms with van der Waals surface area (Å²) in [5.74, 6) is -3.96. The Balaban J connectivity index is 1.95. The quantitative estimate of drug-likeness (QED) is 0.709. The number of nitrogens with zero attached hydrogens (tertiary/aromatic N) is 1. The van der Waals surface area contributed by atoms with Gasteiger partial charge in [-0.25, -0.2) is 17.6 Å². The van der Waals surface area contributed by atoms with Crippen LogP contribution in [-0.2, 0) is 4.74 Å². The Morgan fingerprint density at radius 1 is 1.27 bits per heavy atom. The molecule has 1 unspecified atom stereocenters. The van der Waals surface area contributed by atoms with Crippen LogP contribution in [0.25, 0.3) is 0 Å². The van der Waals surface area contributed by atoms with Crippen LogP contribution in [0, 0.1) is 0 Å². The lowest BCUT2D eigenvalue weighted by atomic mass is 10.1. The lowest BCUT2D eigenvalue weighted by molar-refractivity contribution is -0.139. The number of hydrogen-bond donors (Lipinski definition) is 0. The maximum Gasteiger partial charge on any atom is 0.308 e. The fourth-order valence-electron chi connectivity index (χ4n) is 2.24. The SMILES string of the molecule is FC(F)C(F)(F)CCN1CCOC(c2ccc(Cl)c(Cl)c2)C1. The molecule has 0 amide bonds. The molecule has 0 radical (unpaired) electrons. The number of morpholine rings is 1. The fourth-order valence-corrected chi connectivity index (χ4v) is 2.54. The molecule has 1 fully saturated rings. The van der Waals surface area contributed by atoms with Crippen molar-refractivity contribution >= 4 is 23.2 Å². The van der Waals surface area contributed by atoms with Gasteiger partial charge in [-0.2, -0.15) is 0 Å². The highest BCUT2D eigenvalue weighted by atomic mass is 35.5. The normalized spacial score (nSPS) is 20.6. The minimum atomic E-state index is -3.96. The molecule has 1 aromatic rings. The molecule has 0 aliphatic carbocycles. The van der Waals surface area contributed by atoms with Gasteiger partial charge in [-0.3, -0.25) is 4.90 Å². The van der Waals surface area contributed by atoms with Gasteiger partial charge in [-0.1, -0.05) is 29.3 Å². The van der Waals surface area contributed by atoms with Gasteiger partial charge in [0, 0.05) is 26.1 Å². The van der Waals surface area contributed by atoms with Gasteiger partial charge in [0.2, 0.25) is 0 Å². The van der Waals surface area contributed by atoms with E-state index in [-0.39, 0.29) is 12.6 Å². The molecule has 124 valence electrons. The van der Waals surface area contributed by atoms with Crippen LogP contribution in [0.3, 0.4) is 0 Å². The Labute approximate surface area is 135 Å². The molecule has 8 heteroatoms. The molecule has 1 saturated heterocycles. The highest BCUT2D eigenvalue weighted by molar-refractivity contribution is 6.42. The summed E-state index contributed by atoms with van der Waals surface area (Å²) in [6.45, 7) is 0.998. The standard InChI is InChI=1S/C14H15Cl2F4NO/c15-10-2-1-9(7-11(10)16)12-8-21(5-6-22-12)4-3-14(19,20)13(17)18/h1-2,7,12-13H,3-6,8H2. The number of halogens is 6. The first-order chi connectivity index (χ1) is 10.3. The second kappa shape index (κ2) is 7.34. The molecule has 0 spiro atoms. The third-order valence-corrected chi connectivity index (χ3v) is 4.29. The van der Waals surface area contributed by atoms with Crippen LogP contribution in [0.1, 0.15) is 18.1 Å². The number of hydrogen-bond acceptors (Lipinski definition) is 2. The van der Waals surface area contributed by atoms with Crippen LogP contribution in [-0.4, -0.2) is 43.5 Å². The third-order valence-electron chi connectivity index (χ3n) is 3.55. The van der Waals surface area contributed by atoms with Crippen molar-refractivity contribution in [1.82, 2.24) is 4.90 Å². The van der Waals surface area contributed by atoms with Gasteiger partial charge in [-0.05, 0) is 17.7 Å². The Hall–Kier alpha value is -0.560. The summed E-state index contributed by atoms with van der Waals surface area (Å²) in [5, 5.41) is 0.791. The maximum atomic E-state index is 13.0. The number of rotatable bonds is 5. The van der Waals surface area contributed by atoms with Crippen LogP contribution in [0.15, 0.2) is 18.2 Å². The van der Waals surface area contributed by atoms with E-state index in [1.165, 1.54) is 0 Å². The van der Waals surface area contributed by atoms with E-state index < -0.39 is 18.8 Å². The fraction of sp³-hybridized carbons (Fsp3) is 0.571. The monoisotopic (exact) mass is 359 g/mol. The first kappa shape index (κ1) is 17.8. The minimum Gasteiger partial charge on any atom is -0.371 e. The van der Waals surface area contributed by atoms with Crippen molar-refractivity contribution < 1.29 is 22.3 Å². The average Bonchev–Trinajstić information content (AvgIpc) is 2.48. The summed E-state index contributed by atoms with van der Waals surface area (Å²) < 4.78 is 55.9. The van der Waals surface area contributed by atoms with Crippen LogP contribution in [0.5, 0.6) is 0 Å². The molecular formula is C14H15Cl2F4NO. The Morgan fingerprint density at radius 3 is 2.64 bits per heavy atom. The molecule has 22 heavy (non-hydrogen) atoms. The van der Waals surface area contributed by atoms with E-state index in [0.717, 1.165) is 5.56 Å². The Kier molecular flexibility index (Phi) is 5.94. The van der Waals surface area contributed by atoms with E-state index in [1.54, 1.807) is 23.1 Å². The molecule has 0 aromatic heterocycles. The van der Waals surface area contributed by atoms with E-state index in [0.29, 0.717) is 29.7 Å². The van der Waals surface area contributed by atoms with Crippen molar-refractivity contribution in [1.29, 1.82) is 0 Å². The first-order valence-corrected chi connectivity index (χ1v) is 7.50. The number of alkyl halides is 4. The van der Waals surface area contributed by atoms with Crippen LogP contribution < -0.4 is 0 Å². The lowest BCUT2D eigenvalue weighted by Gasteiger charge is -2.34. The predicted molar refractivity (Wildman–Crippen MR) is 77.2 cm³/mol. The zero-order valence-corrected chi connectivity index (χ0v) is 13.1. The highest BCUT2D eigenvalue weighted by Gasteiger charge is 2.40. The highest BCUT2D eigenvalue weighted by Crippen LogP contribution is 2.30. The maximum absolute atomic E-state index is 13.0. The van der Waals surface area contributed by atoms with Crippen molar-refractivity contribution in [2.45, 2.75) is 24.9 Å². The molecule has 0 bridgehead atoms. The lowest BCUT2D eigenvalue weighted by Crippen LogP contribution is -2.41. The molecule has 2 nitrogen and oxygen atoms in total. The summed E-state index contributed by atoms with van der Waals surface area (Å²) in [6, 6.07) is 5.04. The van der Waals surface area contributed by atoms with E-state index in [9.17, 15) is 17.6 Å². The van der Waals surface area contributed by atoms with Crippen molar-refractivity contribution in [2.75, 3.05) is 26.2 Å². The topological polar surface area (TPSA) is 12.5 Å². The van der Waals surface area contributed by atoms with Gasteiger partial charge in [0.1, 0.15) is 0 Å². The molecule has 1 atom stereocenters. The van der Waals surface area contributed by atoms with Gasteiger partial charge in [-0.15, -0.1) is 0 Å². The van der Waals surface area contributed by atoms with Gasteiger partial charge < -0.3 is 4.74 Å². The summed E-state index contributed by atoms with van der Waals surface area (Å²) >= 11 is 11.8. The summed E-state index contributed by atoms with van der Waals surface area (Å²) in [4.78, 5) is 1.69.